The molecule has 0 aromatic heterocycles. The van der Waals surface area contributed by atoms with Crippen LogP contribution < -0.4 is 5.32 Å². The molecule has 12 heavy (non-hydrogen) atoms. The van der Waals surface area contributed by atoms with Crippen molar-refractivity contribution in [2.24, 2.45) is 5.92 Å². The van der Waals surface area contributed by atoms with Crippen molar-refractivity contribution in [3.05, 3.63) is 0 Å². The summed E-state index contributed by atoms with van der Waals surface area (Å²) in [6, 6.07) is 0. The highest BCUT2D eigenvalue weighted by Crippen LogP contribution is 2.13. The van der Waals surface area contributed by atoms with Crippen LogP contribution in [0.15, 0.2) is 0 Å². The lowest BCUT2D eigenvalue weighted by Crippen LogP contribution is -2.24. The first-order valence-electron chi connectivity index (χ1n) is 4.44. The average Bonchev–Trinajstić information content (AvgIpc) is 2.38. The highest BCUT2D eigenvalue weighted by atomic mass is 32.2. The molecule has 0 saturated carbocycles. The van der Waals surface area contributed by atoms with E-state index in [0.717, 1.165) is 19.5 Å². The van der Waals surface area contributed by atoms with Crippen LogP contribution in [0.2, 0.25) is 0 Å². The Morgan fingerprint density at radius 3 is 2.58 bits per heavy atom. The molecule has 0 aromatic carbocycles. The first kappa shape index (κ1) is 9.99. The van der Waals surface area contributed by atoms with Crippen LogP contribution in [-0.4, -0.2) is 32.5 Å². The smallest absolute Gasteiger partial charge is 0.152 e. The first-order chi connectivity index (χ1) is 5.52. The van der Waals surface area contributed by atoms with Gasteiger partial charge in [-0.2, -0.15) is 0 Å². The van der Waals surface area contributed by atoms with E-state index < -0.39 is 9.84 Å². The first-order valence-corrected chi connectivity index (χ1v) is 6.16. The number of hydrogen-bond donors (Lipinski definition) is 1. The molecule has 3 nitrogen and oxygen atoms in total. The maximum absolute atomic E-state index is 11.5. The predicted molar refractivity (Wildman–Crippen MR) is 49.9 cm³/mol. The largest absolute Gasteiger partial charge is 0.316 e. The van der Waals surface area contributed by atoms with E-state index in [-0.39, 0.29) is 5.25 Å². The van der Waals surface area contributed by atoms with E-state index in [1.807, 2.05) is 0 Å². The minimum atomic E-state index is -2.82. The van der Waals surface area contributed by atoms with Crippen molar-refractivity contribution in [2.75, 3.05) is 18.8 Å². The van der Waals surface area contributed by atoms with Crippen molar-refractivity contribution in [1.82, 2.24) is 5.32 Å². The number of rotatable bonds is 3. The Morgan fingerprint density at radius 2 is 2.17 bits per heavy atom. The molecule has 0 amide bonds. The minimum Gasteiger partial charge on any atom is -0.316 e. The van der Waals surface area contributed by atoms with Gasteiger partial charge in [0.25, 0.3) is 0 Å². The highest BCUT2D eigenvalue weighted by Gasteiger charge is 2.24. The van der Waals surface area contributed by atoms with E-state index in [2.05, 4.69) is 5.32 Å². The van der Waals surface area contributed by atoms with Crippen LogP contribution in [0.5, 0.6) is 0 Å². The summed E-state index contributed by atoms with van der Waals surface area (Å²) in [5, 5.41) is 2.95. The Hall–Kier alpha value is -0.0900. The monoisotopic (exact) mass is 191 g/mol. The fourth-order valence-electron chi connectivity index (χ4n) is 1.38. The van der Waals surface area contributed by atoms with Crippen LogP contribution in [0.25, 0.3) is 0 Å². The van der Waals surface area contributed by atoms with Crippen LogP contribution in [-0.2, 0) is 9.84 Å². The topological polar surface area (TPSA) is 46.2 Å². The zero-order valence-corrected chi connectivity index (χ0v) is 8.52. The van der Waals surface area contributed by atoms with Gasteiger partial charge in [-0.3, -0.25) is 0 Å². The van der Waals surface area contributed by atoms with Crippen molar-refractivity contribution in [3.8, 4) is 0 Å². The molecule has 0 aliphatic carbocycles. The summed E-state index contributed by atoms with van der Waals surface area (Å²) in [6.07, 6.45) is 1.01. The van der Waals surface area contributed by atoms with Crippen LogP contribution in [0.1, 0.15) is 20.3 Å². The highest BCUT2D eigenvalue weighted by molar-refractivity contribution is 7.91. The fourth-order valence-corrected chi connectivity index (χ4v) is 2.70. The van der Waals surface area contributed by atoms with Gasteiger partial charge in [-0.15, -0.1) is 0 Å². The van der Waals surface area contributed by atoms with Crippen molar-refractivity contribution < 1.29 is 8.42 Å². The predicted octanol–water partition coefficient (Wildman–Crippen LogP) is 0.419. The summed E-state index contributed by atoms with van der Waals surface area (Å²) >= 11 is 0. The van der Waals surface area contributed by atoms with Crippen LogP contribution in [0.3, 0.4) is 0 Å². The van der Waals surface area contributed by atoms with Crippen LogP contribution in [0, 0.1) is 5.92 Å². The third kappa shape index (κ3) is 2.45. The molecule has 0 aromatic rings. The van der Waals surface area contributed by atoms with Crippen molar-refractivity contribution in [2.45, 2.75) is 25.5 Å². The summed E-state index contributed by atoms with van der Waals surface area (Å²) in [5.41, 5.74) is 0. The normalized spacial score (nSPS) is 25.1. The maximum Gasteiger partial charge on any atom is 0.152 e. The Kier molecular flexibility index (Phi) is 3.12. The molecule has 1 atom stereocenters. The molecule has 1 N–H and O–H groups in total. The average molecular weight is 191 g/mol. The van der Waals surface area contributed by atoms with Crippen LogP contribution in [0.4, 0.5) is 0 Å². The third-order valence-corrected chi connectivity index (χ3v) is 4.72. The van der Waals surface area contributed by atoms with Gasteiger partial charge in [0.15, 0.2) is 9.84 Å². The Morgan fingerprint density at radius 1 is 1.50 bits per heavy atom. The van der Waals surface area contributed by atoms with E-state index in [4.69, 9.17) is 0 Å². The van der Waals surface area contributed by atoms with E-state index in [1.54, 1.807) is 13.8 Å². The molecule has 1 saturated heterocycles. The molecular formula is C8H17NO2S. The molecule has 4 heteroatoms. The Balaban J connectivity index is 2.49. The van der Waals surface area contributed by atoms with Crippen molar-refractivity contribution >= 4 is 9.84 Å². The van der Waals surface area contributed by atoms with E-state index in [1.165, 1.54) is 0 Å². The molecule has 72 valence electrons. The molecule has 1 aliphatic heterocycles. The molecule has 1 aliphatic rings. The van der Waals surface area contributed by atoms with Crippen molar-refractivity contribution in [3.63, 3.8) is 0 Å². The zero-order valence-electron chi connectivity index (χ0n) is 7.71. The number of nitrogens with one attached hydrogen (secondary N) is 1. The fraction of sp³-hybridized carbons (Fsp3) is 1.00. The lowest BCUT2D eigenvalue weighted by molar-refractivity contribution is 0.563. The van der Waals surface area contributed by atoms with Gasteiger partial charge in [-0.25, -0.2) is 8.42 Å². The SMILES string of the molecule is CC(C)S(=O)(=O)CC1CCNC1. The van der Waals surface area contributed by atoms with Gasteiger partial charge >= 0.3 is 0 Å². The number of hydrogen-bond acceptors (Lipinski definition) is 3. The molecular weight excluding hydrogens is 174 g/mol. The second-order valence-electron chi connectivity index (χ2n) is 3.74. The van der Waals surface area contributed by atoms with Gasteiger partial charge in [0.2, 0.25) is 0 Å². The molecule has 1 unspecified atom stereocenters. The summed E-state index contributed by atoms with van der Waals surface area (Å²) in [4.78, 5) is 0. The molecule has 0 radical (unpaired) electrons. The summed E-state index contributed by atoms with van der Waals surface area (Å²) < 4.78 is 22.9. The summed E-state index contributed by atoms with van der Waals surface area (Å²) in [7, 11) is -2.82. The lowest BCUT2D eigenvalue weighted by atomic mass is 10.2. The van der Waals surface area contributed by atoms with Gasteiger partial charge < -0.3 is 5.32 Å². The standard InChI is InChI=1S/C8H17NO2S/c1-7(2)12(10,11)6-8-3-4-9-5-8/h7-9H,3-6H2,1-2H3. The Labute approximate surface area is 74.5 Å². The molecule has 0 spiro atoms. The van der Waals surface area contributed by atoms with Gasteiger partial charge in [0, 0.05) is 0 Å². The Bertz CT molecular complexity index is 227. The molecule has 0 bridgehead atoms. The van der Waals surface area contributed by atoms with Gasteiger partial charge in [-0.1, -0.05) is 0 Å². The minimum absolute atomic E-state index is 0.224. The van der Waals surface area contributed by atoms with Crippen molar-refractivity contribution in [1.29, 1.82) is 0 Å². The lowest BCUT2D eigenvalue weighted by Gasteiger charge is -2.11. The molecule has 1 heterocycles. The van der Waals surface area contributed by atoms with E-state index in [9.17, 15) is 8.42 Å². The second kappa shape index (κ2) is 3.75. The van der Waals surface area contributed by atoms with Gasteiger partial charge in [0.05, 0.1) is 11.0 Å². The zero-order chi connectivity index (χ0) is 9.19. The van der Waals surface area contributed by atoms with Gasteiger partial charge in [-0.05, 0) is 39.3 Å². The van der Waals surface area contributed by atoms with E-state index >= 15 is 0 Å². The molecule has 1 fully saturated rings. The quantitative estimate of drug-likeness (QED) is 0.703. The maximum atomic E-state index is 11.5. The van der Waals surface area contributed by atoms with Gasteiger partial charge in [0.1, 0.15) is 0 Å². The van der Waals surface area contributed by atoms with E-state index in [0.29, 0.717) is 11.7 Å². The second-order valence-corrected chi connectivity index (χ2v) is 6.34. The summed E-state index contributed by atoms with van der Waals surface area (Å²) in [6.45, 7) is 5.33. The van der Waals surface area contributed by atoms with Crippen LogP contribution >= 0.6 is 0 Å². The third-order valence-electron chi connectivity index (χ3n) is 2.35. The molecule has 1 rings (SSSR count). The summed E-state index contributed by atoms with van der Waals surface area (Å²) in [5.74, 6) is 0.704. The number of sulfone groups is 1.